The standard InChI is InChI=1S/C13H19NO5S/c1-17-12-5-2-3-6-13(12)19-9-4-7-14-8-10-18-11-20(14,15)16/h2-3,5-6H,4,7-11H2,1H3. The molecule has 0 aliphatic carbocycles. The average Bonchev–Trinajstić information content (AvgIpc) is 2.45. The lowest BCUT2D eigenvalue weighted by molar-refractivity contribution is 0.130. The third-order valence-electron chi connectivity index (χ3n) is 2.99. The maximum absolute atomic E-state index is 11.7. The Morgan fingerprint density at radius 3 is 2.75 bits per heavy atom. The molecule has 1 fully saturated rings. The van der Waals surface area contributed by atoms with E-state index < -0.39 is 10.0 Å². The second kappa shape index (κ2) is 6.92. The number of ether oxygens (including phenoxy) is 3. The van der Waals surface area contributed by atoms with E-state index in [1.54, 1.807) is 7.11 Å². The molecule has 1 aliphatic heterocycles. The Hall–Kier alpha value is -1.31. The van der Waals surface area contributed by atoms with Gasteiger partial charge in [-0.3, -0.25) is 0 Å². The van der Waals surface area contributed by atoms with Crippen LogP contribution in [0.15, 0.2) is 24.3 Å². The van der Waals surface area contributed by atoms with Gasteiger partial charge in [-0.25, -0.2) is 8.42 Å². The summed E-state index contributed by atoms with van der Waals surface area (Å²) >= 11 is 0. The molecule has 7 heteroatoms. The third-order valence-corrected chi connectivity index (χ3v) is 4.61. The van der Waals surface area contributed by atoms with Gasteiger partial charge in [-0.1, -0.05) is 12.1 Å². The summed E-state index contributed by atoms with van der Waals surface area (Å²) in [4.78, 5) is 0. The monoisotopic (exact) mass is 301 g/mol. The zero-order valence-electron chi connectivity index (χ0n) is 11.4. The molecule has 0 atom stereocenters. The molecule has 0 saturated carbocycles. The molecule has 0 spiro atoms. The Morgan fingerprint density at radius 1 is 1.30 bits per heavy atom. The lowest BCUT2D eigenvalue weighted by Gasteiger charge is -2.26. The van der Waals surface area contributed by atoms with Gasteiger partial charge in [-0.2, -0.15) is 4.31 Å². The molecule has 6 nitrogen and oxygen atoms in total. The summed E-state index contributed by atoms with van der Waals surface area (Å²) in [5.41, 5.74) is 0. The maximum Gasteiger partial charge on any atom is 0.238 e. The van der Waals surface area contributed by atoms with E-state index in [2.05, 4.69) is 0 Å². The summed E-state index contributed by atoms with van der Waals surface area (Å²) in [6.45, 7) is 1.75. The molecule has 1 aliphatic rings. The molecule has 0 bridgehead atoms. The number of nitrogens with zero attached hydrogens (tertiary/aromatic N) is 1. The van der Waals surface area contributed by atoms with Gasteiger partial charge < -0.3 is 14.2 Å². The van der Waals surface area contributed by atoms with Crippen LogP contribution in [0.5, 0.6) is 11.5 Å². The van der Waals surface area contributed by atoms with Crippen LogP contribution in [0.1, 0.15) is 6.42 Å². The Balaban J connectivity index is 1.79. The van der Waals surface area contributed by atoms with Crippen LogP contribution in [0.2, 0.25) is 0 Å². The van der Waals surface area contributed by atoms with Crippen LogP contribution in [0.25, 0.3) is 0 Å². The van der Waals surface area contributed by atoms with Crippen molar-refractivity contribution in [1.29, 1.82) is 0 Å². The van der Waals surface area contributed by atoms with Crippen LogP contribution >= 0.6 is 0 Å². The fourth-order valence-electron chi connectivity index (χ4n) is 1.96. The normalized spacial score (nSPS) is 18.6. The highest BCUT2D eigenvalue weighted by Crippen LogP contribution is 2.25. The van der Waals surface area contributed by atoms with Crippen LogP contribution in [-0.4, -0.2) is 52.1 Å². The smallest absolute Gasteiger partial charge is 0.238 e. The van der Waals surface area contributed by atoms with E-state index >= 15 is 0 Å². The highest BCUT2D eigenvalue weighted by molar-refractivity contribution is 7.88. The van der Waals surface area contributed by atoms with Gasteiger partial charge in [-0.05, 0) is 18.6 Å². The fourth-order valence-corrected chi connectivity index (χ4v) is 3.19. The van der Waals surface area contributed by atoms with Crippen LogP contribution in [-0.2, 0) is 14.8 Å². The van der Waals surface area contributed by atoms with Gasteiger partial charge in [0.1, 0.15) is 0 Å². The molecule has 1 heterocycles. The summed E-state index contributed by atoms with van der Waals surface area (Å²) in [6, 6.07) is 7.38. The second-order valence-electron chi connectivity index (χ2n) is 4.39. The number of rotatable bonds is 6. The topological polar surface area (TPSA) is 65.1 Å². The lowest BCUT2D eigenvalue weighted by Crippen LogP contribution is -2.42. The van der Waals surface area contributed by atoms with Crippen molar-refractivity contribution < 1.29 is 22.6 Å². The van der Waals surface area contributed by atoms with E-state index in [0.717, 1.165) is 0 Å². The highest BCUT2D eigenvalue weighted by Gasteiger charge is 2.25. The summed E-state index contributed by atoms with van der Waals surface area (Å²) in [5, 5.41) is 0. The molecule has 0 aromatic heterocycles. The molecular formula is C13H19NO5S. The molecule has 0 radical (unpaired) electrons. The Morgan fingerprint density at radius 2 is 2.05 bits per heavy atom. The molecule has 20 heavy (non-hydrogen) atoms. The van der Waals surface area contributed by atoms with E-state index in [1.807, 2.05) is 24.3 Å². The van der Waals surface area contributed by atoms with Crippen LogP contribution in [0, 0.1) is 0 Å². The lowest BCUT2D eigenvalue weighted by atomic mass is 10.3. The quantitative estimate of drug-likeness (QED) is 0.736. The van der Waals surface area contributed by atoms with Crippen LogP contribution in [0.4, 0.5) is 0 Å². The molecule has 0 unspecified atom stereocenters. The number of hydrogen-bond acceptors (Lipinski definition) is 5. The van der Waals surface area contributed by atoms with Gasteiger partial charge in [0.25, 0.3) is 0 Å². The van der Waals surface area contributed by atoms with Crippen molar-refractivity contribution in [2.45, 2.75) is 6.42 Å². The van der Waals surface area contributed by atoms with Crippen molar-refractivity contribution in [3.8, 4) is 11.5 Å². The van der Waals surface area contributed by atoms with Crippen molar-refractivity contribution in [2.75, 3.05) is 39.4 Å². The van der Waals surface area contributed by atoms with Crippen molar-refractivity contribution in [1.82, 2.24) is 4.31 Å². The molecule has 112 valence electrons. The first-order valence-corrected chi connectivity index (χ1v) is 8.06. The number of para-hydroxylation sites is 2. The van der Waals surface area contributed by atoms with Gasteiger partial charge in [0.15, 0.2) is 17.4 Å². The second-order valence-corrected chi connectivity index (χ2v) is 6.31. The summed E-state index contributed by atoms with van der Waals surface area (Å²) in [7, 11) is -1.66. The van der Waals surface area contributed by atoms with Crippen molar-refractivity contribution in [3.05, 3.63) is 24.3 Å². The minimum absolute atomic E-state index is 0.222. The number of hydrogen-bond donors (Lipinski definition) is 0. The Bertz CT molecular complexity index is 531. The first-order chi connectivity index (χ1) is 9.63. The molecule has 1 saturated heterocycles. The van der Waals surface area contributed by atoms with E-state index in [9.17, 15) is 8.42 Å². The molecule has 0 amide bonds. The van der Waals surface area contributed by atoms with Gasteiger partial charge in [-0.15, -0.1) is 0 Å². The Kier molecular flexibility index (Phi) is 5.22. The van der Waals surface area contributed by atoms with Crippen molar-refractivity contribution in [2.24, 2.45) is 0 Å². The fraction of sp³-hybridized carbons (Fsp3) is 0.538. The van der Waals surface area contributed by atoms with Gasteiger partial charge in [0.2, 0.25) is 10.0 Å². The van der Waals surface area contributed by atoms with Gasteiger partial charge >= 0.3 is 0 Å². The zero-order valence-corrected chi connectivity index (χ0v) is 12.3. The first-order valence-electron chi connectivity index (χ1n) is 6.45. The number of methoxy groups -OCH3 is 1. The van der Waals surface area contributed by atoms with Gasteiger partial charge in [0.05, 0.1) is 20.3 Å². The van der Waals surface area contributed by atoms with Gasteiger partial charge in [0, 0.05) is 13.1 Å². The maximum atomic E-state index is 11.7. The molecule has 1 aromatic carbocycles. The molecule has 0 N–H and O–H groups in total. The Labute approximate surface area is 119 Å². The van der Waals surface area contributed by atoms with Crippen LogP contribution < -0.4 is 9.47 Å². The molecule has 2 rings (SSSR count). The van der Waals surface area contributed by atoms with Crippen molar-refractivity contribution >= 4 is 10.0 Å². The van der Waals surface area contributed by atoms with E-state index in [4.69, 9.17) is 14.2 Å². The van der Waals surface area contributed by atoms with Crippen molar-refractivity contribution in [3.63, 3.8) is 0 Å². The largest absolute Gasteiger partial charge is 0.493 e. The highest BCUT2D eigenvalue weighted by atomic mass is 32.2. The number of benzene rings is 1. The minimum atomic E-state index is -3.25. The SMILES string of the molecule is COc1ccccc1OCCCN1CCOCS1(=O)=O. The first kappa shape index (κ1) is 15.1. The molecule has 1 aromatic rings. The average molecular weight is 301 g/mol. The predicted molar refractivity (Wildman–Crippen MR) is 74.4 cm³/mol. The zero-order chi connectivity index (χ0) is 14.4. The van der Waals surface area contributed by atoms with E-state index in [-0.39, 0.29) is 5.94 Å². The van der Waals surface area contributed by atoms with Crippen LogP contribution in [0.3, 0.4) is 0 Å². The predicted octanol–water partition coefficient (Wildman–Crippen LogP) is 1.08. The third kappa shape index (κ3) is 3.84. The summed E-state index contributed by atoms with van der Waals surface area (Å²) in [6.07, 6.45) is 0.622. The number of sulfonamides is 1. The van der Waals surface area contributed by atoms with E-state index in [0.29, 0.717) is 44.2 Å². The minimum Gasteiger partial charge on any atom is -0.493 e. The summed E-state index contributed by atoms with van der Waals surface area (Å²) in [5.74, 6) is 1.12. The van der Waals surface area contributed by atoms with E-state index in [1.165, 1.54) is 4.31 Å². The molecular weight excluding hydrogens is 282 g/mol. The summed E-state index contributed by atoms with van der Waals surface area (Å²) < 4.78 is 40.6.